The Hall–Kier alpha value is -0.580. The van der Waals surface area contributed by atoms with E-state index in [1.54, 1.807) is 17.8 Å². The molecule has 0 amide bonds. The minimum Gasteiger partial charge on any atom is -0.319 e. The van der Waals surface area contributed by atoms with Crippen LogP contribution in [0.4, 0.5) is 4.39 Å². The van der Waals surface area contributed by atoms with Gasteiger partial charge in [0, 0.05) is 23.7 Å². The molecule has 0 bridgehead atoms. The van der Waals surface area contributed by atoms with Crippen LogP contribution in [0.5, 0.6) is 0 Å². The highest BCUT2D eigenvalue weighted by Crippen LogP contribution is 2.22. The number of halogens is 1. The van der Waals surface area contributed by atoms with Gasteiger partial charge in [-0.05, 0) is 51.0 Å². The van der Waals surface area contributed by atoms with Crippen molar-refractivity contribution in [1.29, 1.82) is 0 Å². The van der Waals surface area contributed by atoms with Gasteiger partial charge in [-0.25, -0.2) is 4.39 Å². The molecule has 0 aliphatic carbocycles. The summed E-state index contributed by atoms with van der Waals surface area (Å²) >= 11 is 1.62. The van der Waals surface area contributed by atoms with E-state index in [4.69, 9.17) is 0 Å². The second-order valence-electron chi connectivity index (χ2n) is 5.15. The minimum atomic E-state index is -0.0980. The highest BCUT2D eigenvalue weighted by Gasteiger charge is 2.18. The molecule has 1 fully saturated rings. The number of hydrogen-bond donors (Lipinski definition) is 1. The van der Waals surface area contributed by atoms with Crippen LogP contribution in [0.1, 0.15) is 12.8 Å². The van der Waals surface area contributed by atoms with Crippen molar-refractivity contribution in [2.45, 2.75) is 17.7 Å². The van der Waals surface area contributed by atoms with E-state index in [2.05, 4.69) is 10.2 Å². The largest absolute Gasteiger partial charge is 0.319 e. The summed E-state index contributed by atoms with van der Waals surface area (Å²) in [5, 5.41) is 3.27. The topological polar surface area (TPSA) is 15.3 Å². The molecule has 1 aromatic rings. The first kappa shape index (κ1) is 14.8. The number of rotatable bonds is 6. The second-order valence-corrected chi connectivity index (χ2v) is 6.28. The number of nitrogens with one attached hydrogen (secondary N) is 1. The number of nitrogens with zero attached hydrogens (tertiary/aromatic N) is 1. The van der Waals surface area contributed by atoms with Crippen LogP contribution in [0.3, 0.4) is 0 Å². The lowest BCUT2D eigenvalue weighted by Gasteiger charge is -2.32. The van der Waals surface area contributed by atoms with Crippen molar-refractivity contribution < 1.29 is 4.39 Å². The lowest BCUT2D eigenvalue weighted by molar-refractivity contribution is 0.183. The van der Waals surface area contributed by atoms with Gasteiger partial charge in [-0.15, -0.1) is 11.8 Å². The van der Waals surface area contributed by atoms with Gasteiger partial charge in [0.1, 0.15) is 5.82 Å². The van der Waals surface area contributed by atoms with E-state index in [-0.39, 0.29) is 5.82 Å². The fourth-order valence-corrected chi connectivity index (χ4v) is 3.61. The van der Waals surface area contributed by atoms with E-state index < -0.39 is 0 Å². The van der Waals surface area contributed by atoms with E-state index in [0.29, 0.717) is 0 Å². The number of thioether (sulfide) groups is 1. The molecule has 1 heterocycles. The molecule has 1 aliphatic heterocycles. The molecule has 0 aromatic heterocycles. The Morgan fingerprint density at radius 3 is 3.05 bits per heavy atom. The summed E-state index contributed by atoms with van der Waals surface area (Å²) in [4.78, 5) is 3.28. The molecule has 2 nitrogen and oxygen atoms in total. The monoisotopic (exact) mass is 282 g/mol. The summed E-state index contributed by atoms with van der Waals surface area (Å²) < 4.78 is 13.5. The van der Waals surface area contributed by atoms with Gasteiger partial charge in [-0.1, -0.05) is 12.1 Å². The number of benzene rings is 1. The maximum atomic E-state index is 13.5. The summed E-state index contributed by atoms with van der Waals surface area (Å²) in [7, 11) is 2.02. The van der Waals surface area contributed by atoms with Crippen molar-refractivity contribution in [3.05, 3.63) is 30.1 Å². The van der Waals surface area contributed by atoms with Crippen LogP contribution in [0.2, 0.25) is 0 Å². The van der Waals surface area contributed by atoms with Gasteiger partial charge < -0.3 is 10.2 Å². The van der Waals surface area contributed by atoms with Gasteiger partial charge in [0.25, 0.3) is 0 Å². The Kier molecular flexibility index (Phi) is 6.14. The van der Waals surface area contributed by atoms with Crippen molar-refractivity contribution in [3.8, 4) is 0 Å². The third-order valence-electron chi connectivity index (χ3n) is 3.60. The van der Waals surface area contributed by atoms with E-state index in [9.17, 15) is 4.39 Å². The van der Waals surface area contributed by atoms with Crippen LogP contribution in [0, 0.1) is 11.7 Å². The summed E-state index contributed by atoms with van der Waals surface area (Å²) in [5.41, 5.74) is 0. The SMILES string of the molecule is CNCC1CCCN(CCSc2ccccc2F)C1. The van der Waals surface area contributed by atoms with E-state index in [0.717, 1.165) is 29.7 Å². The van der Waals surface area contributed by atoms with Gasteiger partial charge in [0.15, 0.2) is 0 Å². The molecule has 0 spiro atoms. The molecule has 1 aromatic carbocycles. The van der Waals surface area contributed by atoms with Crippen LogP contribution in [0.15, 0.2) is 29.2 Å². The van der Waals surface area contributed by atoms with Crippen LogP contribution in [0.25, 0.3) is 0 Å². The fraction of sp³-hybridized carbons (Fsp3) is 0.600. The van der Waals surface area contributed by atoms with Gasteiger partial charge in [-0.3, -0.25) is 0 Å². The molecule has 1 N–H and O–H groups in total. The van der Waals surface area contributed by atoms with Gasteiger partial charge >= 0.3 is 0 Å². The molecule has 4 heteroatoms. The second kappa shape index (κ2) is 7.88. The summed E-state index contributed by atoms with van der Waals surface area (Å²) in [5.74, 6) is 1.64. The highest BCUT2D eigenvalue weighted by atomic mass is 32.2. The standard InChI is InChI=1S/C15H23FN2S/c1-17-11-13-5-4-8-18(12-13)9-10-19-15-7-3-2-6-14(15)16/h2-3,6-7,13,17H,4-5,8-12H2,1H3. The predicted octanol–water partition coefficient (Wildman–Crippen LogP) is 2.85. The molecular formula is C15H23FN2S. The lowest BCUT2D eigenvalue weighted by Crippen LogP contribution is -2.40. The third kappa shape index (κ3) is 4.79. The summed E-state index contributed by atoms with van der Waals surface area (Å²) in [6.45, 7) is 4.53. The van der Waals surface area contributed by atoms with Crippen molar-refractivity contribution in [1.82, 2.24) is 10.2 Å². The molecule has 106 valence electrons. The Morgan fingerprint density at radius 2 is 2.26 bits per heavy atom. The summed E-state index contributed by atoms with van der Waals surface area (Å²) in [6, 6.07) is 7.04. The van der Waals surface area contributed by atoms with Crippen molar-refractivity contribution in [2.24, 2.45) is 5.92 Å². The lowest BCUT2D eigenvalue weighted by atomic mass is 9.98. The van der Waals surface area contributed by atoms with E-state index in [1.165, 1.54) is 32.0 Å². The molecule has 1 saturated heterocycles. The predicted molar refractivity (Wildman–Crippen MR) is 80.2 cm³/mol. The van der Waals surface area contributed by atoms with E-state index >= 15 is 0 Å². The average Bonchev–Trinajstić information content (AvgIpc) is 2.42. The third-order valence-corrected chi connectivity index (χ3v) is 4.63. The quantitative estimate of drug-likeness (QED) is 0.808. The molecule has 1 aliphatic rings. The minimum absolute atomic E-state index is 0.0980. The normalized spacial score (nSPS) is 20.6. The summed E-state index contributed by atoms with van der Waals surface area (Å²) in [6.07, 6.45) is 2.62. The number of piperidine rings is 1. The number of likely N-dealkylation sites (tertiary alicyclic amines) is 1. The van der Waals surface area contributed by atoms with Crippen LogP contribution in [-0.4, -0.2) is 43.9 Å². The van der Waals surface area contributed by atoms with Crippen molar-refractivity contribution in [3.63, 3.8) is 0 Å². The van der Waals surface area contributed by atoms with Crippen LogP contribution < -0.4 is 5.32 Å². The molecule has 1 unspecified atom stereocenters. The molecular weight excluding hydrogens is 259 g/mol. The van der Waals surface area contributed by atoms with Crippen molar-refractivity contribution in [2.75, 3.05) is 39.0 Å². The molecule has 0 saturated carbocycles. The van der Waals surface area contributed by atoms with Crippen LogP contribution in [-0.2, 0) is 0 Å². The zero-order chi connectivity index (χ0) is 13.5. The Morgan fingerprint density at radius 1 is 1.42 bits per heavy atom. The molecule has 1 atom stereocenters. The number of hydrogen-bond acceptors (Lipinski definition) is 3. The van der Waals surface area contributed by atoms with Gasteiger partial charge in [0.2, 0.25) is 0 Å². The Bertz CT molecular complexity index is 384. The maximum absolute atomic E-state index is 13.5. The highest BCUT2D eigenvalue weighted by molar-refractivity contribution is 7.99. The van der Waals surface area contributed by atoms with Gasteiger partial charge in [-0.2, -0.15) is 0 Å². The zero-order valence-electron chi connectivity index (χ0n) is 11.6. The first-order valence-corrected chi connectivity index (χ1v) is 8.02. The van der Waals surface area contributed by atoms with Gasteiger partial charge in [0.05, 0.1) is 0 Å². The smallest absolute Gasteiger partial charge is 0.136 e. The first-order valence-electron chi connectivity index (χ1n) is 7.04. The Labute approximate surface area is 119 Å². The van der Waals surface area contributed by atoms with E-state index in [1.807, 2.05) is 19.2 Å². The fourth-order valence-electron chi connectivity index (χ4n) is 2.66. The zero-order valence-corrected chi connectivity index (χ0v) is 12.4. The average molecular weight is 282 g/mol. The Balaban J connectivity index is 1.72. The first-order chi connectivity index (χ1) is 9.29. The van der Waals surface area contributed by atoms with Crippen molar-refractivity contribution >= 4 is 11.8 Å². The van der Waals surface area contributed by atoms with Crippen LogP contribution >= 0.6 is 11.8 Å². The molecule has 19 heavy (non-hydrogen) atoms. The maximum Gasteiger partial charge on any atom is 0.136 e. The molecule has 0 radical (unpaired) electrons. The molecule has 2 rings (SSSR count).